The Kier molecular flexibility index (Phi) is 7.30. The number of amides is 2. The molecule has 2 N–H and O–H groups in total. The second kappa shape index (κ2) is 9.91. The van der Waals surface area contributed by atoms with E-state index in [1.165, 1.54) is 31.4 Å². The number of hydrogen-bond acceptors (Lipinski definition) is 5. The summed E-state index contributed by atoms with van der Waals surface area (Å²) in [7, 11) is 1.49. The van der Waals surface area contributed by atoms with Crippen LogP contribution in [0.2, 0.25) is 0 Å². The van der Waals surface area contributed by atoms with Crippen LogP contribution in [-0.2, 0) is 25.5 Å². The molecule has 0 unspecified atom stereocenters. The van der Waals surface area contributed by atoms with E-state index in [4.69, 9.17) is 9.47 Å². The maximum absolute atomic E-state index is 12.8. The first-order valence-electron chi connectivity index (χ1n) is 8.07. The highest BCUT2D eigenvalue weighted by atomic mass is 19.1. The van der Waals surface area contributed by atoms with Crippen molar-refractivity contribution >= 4 is 23.5 Å². The summed E-state index contributed by atoms with van der Waals surface area (Å²) in [4.78, 5) is 35.2. The van der Waals surface area contributed by atoms with Gasteiger partial charge in [-0.05, 0) is 30.3 Å². The summed E-state index contributed by atoms with van der Waals surface area (Å²) in [6.07, 6.45) is -0.0393. The number of para-hydroxylation sites is 1. The van der Waals surface area contributed by atoms with Crippen molar-refractivity contribution in [2.24, 2.45) is 0 Å². The first kappa shape index (κ1) is 19.9. The molecule has 0 radical (unpaired) electrons. The fourth-order valence-corrected chi connectivity index (χ4v) is 2.17. The third kappa shape index (κ3) is 6.77. The molecule has 0 saturated carbocycles. The normalized spacial score (nSPS) is 10.0. The highest BCUT2D eigenvalue weighted by Gasteiger charge is 2.12. The molecule has 0 atom stereocenters. The maximum Gasteiger partial charge on any atom is 0.310 e. The van der Waals surface area contributed by atoms with Gasteiger partial charge in [-0.25, -0.2) is 4.39 Å². The Bertz CT molecular complexity index is 808. The average molecular weight is 374 g/mol. The van der Waals surface area contributed by atoms with Crippen molar-refractivity contribution in [1.82, 2.24) is 5.32 Å². The maximum atomic E-state index is 12.8. The molecule has 2 aromatic carbocycles. The van der Waals surface area contributed by atoms with Crippen LogP contribution in [0.4, 0.5) is 10.1 Å². The Hall–Kier alpha value is -3.42. The van der Waals surface area contributed by atoms with Crippen LogP contribution < -0.4 is 15.4 Å². The van der Waals surface area contributed by atoms with E-state index in [-0.39, 0.29) is 13.0 Å². The molecule has 0 aliphatic heterocycles. The summed E-state index contributed by atoms with van der Waals surface area (Å²) < 4.78 is 22.8. The fraction of sp³-hybridized carbons (Fsp3) is 0.211. The average Bonchev–Trinajstić information content (AvgIpc) is 2.67. The molecule has 0 spiro atoms. The van der Waals surface area contributed by atoms with Gasteiger partial charge in [-0.15, -0.1) is 0 Å². The van der Waals surface area contributed by atoms with Crippen LogP contribution >= 0.6 is 0 Å². The number of ether oxygens (including phenoxy) is 2. The zero-order valence-electron chi connectivity index (χ0n) is 14.7. The summed E-state index contributed by atoms with van der Waals surface area (Å²) in [5.41, 5.74) is 1.04. The van der Waals surface area contributed by atoms with Crippen molar-refractivity contribution in [3.05, 3.63) is 59.9 Å². The van der Waals surface area contributed by atoms with Crippen molar-refractivity contribution < 1.29 is 28.2 Å². The van der Waals surface area contributed by atoms with Gasteiger partial charge >= 0.3 is 5.97 Å². The Morgan fingerprint density at radius 2 is 1.70 bits per heavy atom. The molecule has 2 aromatic rings. The Balaban J connectivity index is 1.70. The van der Waals surface area contributed by atoms with Gasteiger partial charge in [0.1, 0.15) is 11.6 Å². The number of carbonyl (C=O) groups excluding carboxylic acids is 3. The number of carbonyl (C=O) groups is 3. The molecule has 0 saturated heterocycles. The molecule has 142 valence electrons. The Morgan fingerprint density at radius 1 is 1.00 bits per heavy atom. The van der Waals surface area contributed by atoms with Gasteiger partial charge in [-0.1, -0.05) is 18.2 Å². The number of rotatable bonds is 8. The summed E-state index contributed by atoms with van der Waals surface area (Å²) in [5, 5.41) is 4.82. The lowest BCUT2D eigenvalue weighted by atomic mass is 10.1. The van der Waals surface area contributed by atoms with Gasteiger partial charge in [0, 0.05) is 11.3 Å². The predicted molar refractivity (Wildman–Crippen MR) is 95.7 cm³/mol. The van der Waals surface area contributed by atoms with Crippen LogP contribution in [0.15, 0.2) is 48.5 Å². The van der Waals surface area contributed by atoms with E-state index in [1.54, 1.807) is 24.3 Å². The van der Waals surface area contributed by atoms with E-state index in [0.717, 1.165) is 0 Å². The molecular formula is C19H19FN2O5. The molecule has 0 aromatic heterocycles. The first-order chi connectivity index (χ1) is 13.0. The van der Waals surface area contributed by atoms with Gasteiger partial charge in [-0.3, -0.25) is 14.4 Å². The lowest BCUT2D eigenvalue weighted by molar-refractivity contribution is -0.147. The van der Waals surface area contributed by atoms with E-state index in [2.05, 4.69) is 10.6 Å². The third-order valence-corrected chi connectivity index (χ3v) is 3.47. The van der Waals surface area contributed by atoms with Crippen LogP contribution in [0.5, 0.6) is 5.75 Å². The van der Waals surface area contributed by atoms with E-state index < -0.39 is 30.2 Å². The number of benzene rings is 2. The van der Waals surface area contributed by atoms with Crippen LogP contribution in [0.1, 0.15) is 5.56 Å². The van der Waals surface area contributed by atoms with Crippen molar-refractivity contribution in [2.45, 2.75) is 6.42 Å². The zero-order chi connectivity index (χ0) is 19.6. The van der Waals surface area contributed by atoms with Crippen molar-refractivity contribution in [1.29, 1.82) is 0 Å². The van der Waals surface area contributed by atoms with Gasteiger partial charge in [-0.2, -0.15) is 0 Å². The second-order valence-electron chi connectivity index (χ2n) is 5.48. The standard InChI is InChI=1S/C19H19FN2O5/c1-26-16-5-3-2-4-13(16)10-19(25)27-12-18(24)21-11-17(23)22-15-8-6-14(20)7-9-15/h2-9H,10-12H2,1H3,(H,21,24)(H,22,23). The van der Waals surface area contributed by atoms with Crippen molar-refractivity contribution in [2.75, 3.05) is 25.6 Å². The molecule has 0 fully saturated rings. The number of nitrogens with one attached hydrogen (secondary N) is 2. The Labute approximate surface area is 155 Å². The third-order valence-electron chi connectivity index (χ3n) is 3.47. The lowest BCUT2D eigenvalue weighted by Gasteiger charge is -2.09. The van der Waals surface area contributed by atoms with Gasteiger partial charge < -0.3 is 20.1 Å². The minimum atomic E-state index is -0.613. The number of esters is 1. The zero-order valence-corrected chi connectivity index (χ0v) is 14.7. The van der Waals surface area contributed by atoms with Gasteiger partial charge in [0.25, 0.3) is 5.91 Å². The highest BCUT2D eigenvalue weighted by molar-refractivity contribution is 5.94. The molecule has 0 aliphatic carbocycles. The quantitative estimate of drug-likeness (QED) is 0.686. The van der Waals surface area contributed by atoms with Crippen molar-refractivity contribution in [3.63, 3.8) is 0 Å². The topological polar surface area (TPSA) is 93.7 Å². The minimum absolute atomic E-state index is 0.0393. The molecule has 0 bridgehead atoms. The largest absolute Gasteiger partial charge is 0.496 e. The molecule has 2 rings (SSSR count). The van der Waals surface area contributed by atoms with E-state index in [0.29, 0.717) is 17.0 Å². The van der Waals surface area contributed by atoms with Crippen LogP contribution in [0.3, 0.4) is 0 Å². The first-order valence-corrected chi connectivity index (χ1v) is 8.07. The van der Waals surface area contributed by atoms with Gasteiger partial charge in [0.2, 0.25) is 5.91 Å². The summed E-state index contributed by atoms with van der Waals surface area (Å²) >= 11 is 0. The van der Waals surface area contributed by atoms with E-state index >= 15 is 0 Å². The number of anilines is 1. The van der Waals surface area contributed by atoms with Crippen LogP contribution in [0, 0.1) is 5.82 Å². The number of methoxy groups -OCH3 is 1. The number of hydrogen-bond donors (Lipinski definition) is 2. The molecule has 27 heavy (non-hydrogen) atoms. The SMILES string of the molecule is COc1ccccc1CC(=O)OCC(=O)NCC(=O)Nc1ccc(F)cc1. The summed E-state index contributed by atoms with van der Waals surface area (Å²) in [6.45, 7) is -0.807. The van der Waals surface area contributed by atoms with Crippen LogP contribution in [0.25, 0.3) is 0 Å². The highest BCUT2D eigenvalue weighted by Crippen LogP contribution is 2.17. The Morgan fingerprint density at radius 3 is 2.41 bits per heavy atom. The van der Waals surface area contributed by atoms with Crippen LogP contribution in [-0.4, -0.2) is 38.0 Å². The summed E-state index contributed by atoms with van der Waals surface area (Å²) in [5.74, 6) is -1.56. The molecule has 2 amide bonds. The molecule has 0 aliphatic rings. The minimum Gasteiger partial charge on any atom is -0.496 e. The van der Waals surface area contributed by atoms with E-state index in [9.17, 15) is 18.8 Å². The predicted octanol–water partition coefficient (Wildman–Crippen LogP) is 1.67. The van der Waals surface area contributed by atoms with Gasteiger partial charge in [0.15, 0.2) is 6.61 Å². The molecule has 7 nitrogen and oxygen atoms in total. The monoisotopic (exact) mass is 374 g/mol. The second-order valence-corrected chi connectivity index (χ2v) is 5.48. The smallest absolute Gasteiger partial charge is 0.310 e. The van der Waals surface area contributed by atoms with Crippen molar-refractivity contribution in [3.8, 4) is 5.75 Å². The molecule has 8 heteroatoms. The lowest BCUT2D eigenvalue weighted by Crippen LogP contribution is -2.35. The van der Waals surface area contributed by atoms with E-state index in [1.807, 2.05) is 0 Å². The number of halogens is 1. The summed E-state index contributed by atoms with van der Waals surface area (Å²) in [6, 6.07) is 12.2. The molecular weight excluding hydrogens is 355 g/mol. The fourth-order valence-electron chi connectivity index (χ4n) is 2.17. The molecule has 0 heterocycles. The van der Waals surface area contributed by atoms with Gasteiger partial charge in [0.05, 0.1) is 20.1 Å².